The summed E-state index contributed by atoms with van der Waals surface area (Å²) in [6, 6.07) is 9.45. The molecule has 1 heterocycles. The Morgan fingerprint density at radius 3 is 2.58 bits per heavy atom. The van der Waals surface area contributed by atoms with Crippen LogP contribution in [0.2, 0.25) is 0 Å². The Balaban J connectivity index is 1.81. The van der Waals surface area contributed by atoms with Crippen LogP contribution in [-0.4, -0.2) is 40.5 Å². The summed E-state index contributed by atoms with van der Waals surface area (Å²) in [6.07, 6.45) is 2.82. The number of hydrogen-bond donors (Lipinski definition) is 1. The number of methoxy groups -OCH3 is 1. The molecule has 0 radical (unpaired) electrons. The number of carbonyl (C=O) groups excluding carboxylic acids is 2. The molecule has 1 amide bonds. The summed E-state index contributed by atoms with van der Waals surface area (Å²) in [6.45, 7) is 2.30. The maximum absolute atomic E-state index is 12.2. The number of ether oxygens (including phenoxy) is 1. The van der Waals surface area contributed by atoms with Gasteiger partial charge in [-0.05, 0) is 31.9 Å². The van der Waals surface area contributed by atoms with E-state index in [1.165, 1.54) is 11.9 Å². The number of aromatic nitrogens is 3. The highest BCUT2D eigenvalue weighted by Crippen LogP contribution is 2.08. The Labute approximate surface area is 141 Å². The number of para-hydroxylation sites is 1. The zero-order valence-electron chi connectivity index (χ0n) is 14.0. The van der Waals surface area contributed by atoms with Gasteiger partial charge in [-0.1, -0.05) is 24.6 Å². The number of nitrogens with zero attached hydrogens (tertiary/aromatic N) is 3. The van der Waals surface area contributed by atoms with Crippen LogP contribution in [0, 0.1) is 6.92 Å². The molecular formula is C17H22N4O3. The van der Waals surface area contributed by atoms with E-state index in [1.54, 1.807) is 6.92 Å². The van der Waals surface area contributed by atoms with E-state index in [0.29, 0.717) is 24.4 Å². The summed E-state index contributed by atoms with van der Waals surface area (Å²) < 4.78 is 4.58. The van der Waals surface area contributed by atoms with Gasteiger partial charge in [-0.3, -0.25) is 9.59 Å². The van der Waals surface area contributed by atoms with Crippen LogP contribution < -0.4 is 5.32 Å². The maximum Gasteiger partial charge on any atom is 0.305 e. The summed E-state index contributed by atoms with van der Waals surface area (Å²) in [5.74, 6) is -0.435. The molecule has 0 fully saturated rings. The standard InChI is InChI=1S/C17H22N4O3/c1-13-16(20-21(19-13)14-9-5-3-6-10-14)17(23)18-12-8-4-7-11-15(22)24-2/h3,5-6,9-10H,4,7-8,11-12H2,1-2H3,(H,18,23). The summed E-state index contributed by atoms with van der Waals surface area (Å²) in [7, 11) is 1.38. The number of nitrogens with one attached hydrogen (secondary N) is 1. The summed E-state index contributed by atoms with van der Waals surface area (Å²) in [4.78, 5) is 24.6. The number of esters is 1. The minimum Gasteiger partial charge on any atom is -0.469 e. The lowest BCUT2D eigenvalue weighted by molar-refractivity contribution is -0.140. The number of hydrogen-bond acceptors (Lipinski definition) is 5. The van der Waals surface area contributed by atoms with E-state index in [1.807, 2.05) is 30.3 Å². The van der Waals surface area contributed by atoms with Crippen molar-refractivity contribution in [3.63, 3.8) is 0 Å². The molecule has 7 nitrogen and oxygen atoms in total. The average molecular weight is 330 g/mol. The first-order valence-electron chi connectivity index (χ1n) is 7.96. The zero-order chi connectivity index (χ0) is 17.4. The fourth-order valence-corrected chi connectivity index (χ4v) is 2.22. The smallest absolute Gasteiger partial charge is 0.305 e. The van der Waals surface area contributed by atoms with Gasteiger partial charge in [0.2, 0.25) is 0 Å². The molecule has 128 valence electrons. The molecule has 0 aliphatic carbocycles. The van der Waals surface area contributed by atoms with E-state index in [4.69, 9.17) is 0 Å². The van der Waals surface area contributed by atoms with Crippen LogP contribution in [0.25, 0.3) is 5.69 Å². The maximum atomic E-state index is 12.2. The van der Waals surface area contributed by atoms with Crippen molar-refractivity contribution in [1.29, 1.82) is 0 Å². The number of unbranched alkanes of at least 4 members (excludes halogenated alkanes) is 2. The van der Waals surface area contributed by atoms with Crippen molar-refractivity contribution in [2.45, 2.75) is 32.6 Å². The van der Waals surface area contributed by atoms with E-state index in [9.17, 15) is 9.59 Å². The highest BCUT2D eigenvalue weighted by atomic mass is 16.5. The number of benzene rings is 1. The second kappa shape index (κ2) is 8.81. The van der Waals surface area contributed by atoms with Gasteiger partial charge >= 0.3 is 5.97 Å². The highest BCUT2D eigenvalue weighted by molar-refractivity contribution is 5.93. The van der Waals surface area contributed by atoms with Gasteiger partial charge in [0.15, 0.2) is 5.69 Å². The fourth-order valence-electron chi connectivity index (χ4n) is 2.22. The molecule has 0 bridgehead atoms. The van der Waals surface area contributed by atoms with Gasteiger partial charge < -0.3 is 10.1 Å². The van der Waals surface area contributed by atoms with Gasteiger partial charge in [-0.2, -0.15) is 9.90 Å². The van der Waals surface area contributed by atoms with E-state index >= 15 is 0 Å². The third kappa shape index (κ3) is 4.91. The molecule has 2 aromatic rings. The molecule has 0 aliphatic rings. The number of aryl methyl sites for hydroxylation is 1. The first-order valence-corrected chi connectivity index (χ1v) is 7.96. The van der Waals surface area contributed by atoms with Gasteiger partial charge in [-0.25, -0.2) is 0 Å². The second-order valence-corrected chi connectivity index (χ2v) is 5.40. The van der Waals surface area contributed by atoms with Gasteiger partial charge in [0.25, 0.3) is 5.91 Å². The Kier molecular flexibility index (Phi) is 6.48. The molecule has 0 atom stereocenters. The van der Waals surface area contributed by atoms with Crippen molar-refractivity contribution >= 4 is 11.9 Å². The molecule has 24 heavy (non-hydrogen) atoms. The lowest BCUT2D eigenvalue weighted by Crippen LogP contribution is -2.25. The molecule has 0 aliphatic heterocycles. The van der Waals surface area contributed by atoms with Crippen LogP contribution >= 0.6 is 0 Å². The summed E-state index contributed by atoms with van der Waals surface area (Å²) in [5, 5.41) is 11.4. The predicted molar refractivity (Wildman–Crippen MR) is 88.9 cm³/mol. The van der Waals surface area contributed by atoms with Gasteiger partial charge in [0, 0.05) is 13.0 Å². The van der Waals surface area contributed by atoms with E-state index < -0.39 is 0 Å². The number of rotatable bonds is 8. The van der Waals surface area contributed by atoms with Crippen LogP contribution in [0.4, 0.5) is 0 Å². The highest BCUT2D eigenvalue weighted by Gasteiger charge is 2.15. The van der Waals surface area contributed by atoms with Crippen molar-refractivity contribution in [3.8, 4) is 5.69 Å². The molecule has 0 saturated heterocycles. The zero-order valence-corrected chi connectivity index (χ0v) is 14.0. The van der Waals surface area contributed by atoms with Crippen LogP contribution in [0.1, 0.15) is 41.9 Å². The quantitative estimate of drug-likeness (QED) is 0.591. The molecule has 1 aromatic heterocycles. The molecular weight excluding hydrogens is 308 g/mol. The Hall–Kier alpha value is -2.70. The molecule has 0 spiro atoms. The third-order valence-corrected chi connectivity index (χ3v) is 3.56. The van der Waals surface area contributed by atoms with Crippen LogP contribution in [-0.2, 0) is 9.53 Å². The van der Waals surface area contributed by atoms with E-state index in [-0.39, 0.29) is 11.9 Å². The lowest BCUT2D eigenvalue weighted by atomic mass is 10.2. The summed E-state index contributed by atoms with van der Waals surface area (Å²) in [5.41, 5.74) is 1.72. The van der Waals surface area contributed by atoms with Gasteiger partial charge in [0.05, 0.1) is 18.5 Å². The van der Waals surface area contributed by atoms with Crippen molar-refractivity contribution in [2.75, 3.05) is 13.7 Å². The van der Waals surface area contributed by atoms with Crippen LogP contribution in [0.5, 0.6) is 0 Å². The second-order valence-electron chi connectivity index (χ2n) is 5.40. The average Bonchev–Trinajstić information content (AvgIpc) is 3.00. The SMILES string of the molecule is COC(=O)CCCCCNC(=O)c1nn(-c2ccccc2)nc1C. The molecule has 7 heteroatoms. The van der Waals surface area contributed by atoms with Crippen LogP contribution in [0.3, 0.4) is 0 Å². The minimum absolute atomic E-state index is 0.202. The minimum atomic E-state index is -0.234. The normalized spacial score (nSPS) is 10.4. The predicted octanol–water partition coefficient (Wildman–Crippen LogP) is 2.04. The lowest BCUT2D eigenvalue weighted by Gasteiger charge is -2.03. The summed E-state index contributed by atoms with van der Waals surface area (Å²) >= 11 is 0. The Morgan fingerprint density at radius 2 is 1.88 bits per heavy atom. The number of carbonyl (C=O) groups is 2. The first kappa shape index (κ1) is 17.7. The molecule has 0 saturated carbocycles. The Bertz CT molecular complexity index is 682. The van der Waals surface area contributed by atoms with Gasteiger partial charge in [-0.15, -0.1) is 5.10 Å². The van der Waals surface area contributed by atoms with Crippen molar-refractivity contribution in [2.24, 2.45) is 0 Å². The van der Waals surface area contributed by atoms with E-state index in [2.05, 4.69) is 20.3 Å². The fraction of sp³-hybridized carbons (Fsp3) is 0.412. The van der Waals surface area contributed by atoms with Gasteiger partial charge in [0.1, 0.15) is 0 Å². The molecule has 0 unspecified atom stereocenters. The van der Waals surface area contributed by atoms with Crippen LogP contribution in [0.15, 0.2) is 30.3 Å². The van der Waals surface area contributed by atoms with E-state index in [0.717, 1.165) is 24.9 Å². The van der Waals surface area contributed by atoms with Crippen molar-refractivity contribution in [3.05, 3.63) is 41.7 Å². The molecule has 1 N–H and O–H groups in total. The Morgan fingerprint density at radius 1 is 1.12 bits per heavy atom. The molecule has 2 rings (SSSR count). The molecule has 1 aromatic carbocycles. The number of amides is 1. The van der Waals surface area contributed by atoms with Crippen molar-refractivity contribution in [1.82, 2.24) is 20.3 Å². The first-order chi connectivity index (χ1) is 11.6. The van der Waals surface area contributed by atoms with Crippen molar-refractivity contribution < 1.29 is 14.3 Å². The monoisotopic (exact) mass is 330 g/mol. The third-order valence-electron chi connectivity index (χ3n) is 3.56. The topological polar surface area (TPSA) is 86.1 Å². The largest absolute Gasteiger partial charge is 0.469 e.